The first kappa shape index (κ1) is 12.2. The van der Waals surface area contributed by atoms with Gasteiger partial charge >= 0.3 is 0 Å². The van der Waals surface area contributed by atoms with Gasteiger partial charge in [-0.1, -0.05) is 31.1 Å². The van der Waals surface area contributed by atoms with Gasteiger partial charge in [0, 0.05) is 0 Å². The SMILES string of the molecule is C/C=C(\C)CCC.C=CC. The van der Waals surface area contributed by atoms with Gasteiger partial charge in [-0.25, -0.2) is 0 Å². The normalized spacial score (nSPS) is 9.80. The predicted molar refractivity (Wildman–Crippen MR) is 50.2 cm³/mol. The summed E-state index contributed by atoms with van der Waals surface area (Å²) in [5, 5.41) is 0. The lowest BCUT2D eigenvalue weighted by Gasteiger charge is -1.91. The van der Waals surface area contributed by atoms with Crippen LogP contribution in [0.3, 0.4) is 0 Å². The van der Waals surface area contributed by atoms with Crippen LogP contribution in [0.2, 0.25) is 0 Å². The summed E-state index contributed by atoms with van der Waals surface area (Å²) >= 11 is 0. The third-order valence-corrected chi connectivity index (χ3v) is 1.14. The molecule has 0 amide bonds. The molecule has 0 N–H and O–H groups in total. The highest BCUT2D eigenvalue weighted by Crippen LogP contribution is 2.00. The van der Waals surface area contributed by atoms with Crippen LogP contribution in [0, 0.1) is 0 Å². The fourth-order valence-corrected chi connectivity index (χ4v) is 0.539. The van der Waals surface area contributed by atoms with Crippen LogP contribution in [0.15, 0.2) is 24.3 Å². The number of allylic oxidation sites excluding steroid dienone is 3. The summed E-state index contributed by atoms with van der Waals surface area (Å²) in [6.07, 6.45) is 6.45. The van der Waals surface area contributed by atoms with Crippen molar-refractivity contribution < 1.29 is 0 Å². The lowest BCUT2D eigenvalue weighted by atomic mass is 10.2. The Kier molecular flexibility index (Phi) is 13.8. The molecule has 0 saturated carbocycles. The van der Waals surface area contributed by atoms with Crippen LogP contribution < -0.4 is 0 Å². The topological polar surface area (TPSA) is 0 Å². The van der Waals surface area contributed by atoms with Crippen molar-refractivity contribution in [2.45, 2.75) is 40.5 Å². The van der Waals surface area contributed by atoms with Crippen LogP contribution >= 0.6 is 0 Å². The zero-order valence-electron chi connectivity index (χ0n) is 7.78. The van der Waals surface area contributed by atoms with Crippen molar-refractivity contribution in [1.29, 1.82) is 0 Å². The molecule has 0 atom stereocenters. The van der Waals surface area contributed by atoms with Gasteiger partial charge in [0.1, 0.15) is 0 Å². The third-order valence-electron chi connectivity index (χ3n) is 1.14. The molecule has 0 aromatic heterocycles. The van der Waals surface area contributed by atoms with Gasteiger partial charge in [0.05, 0.1) is 0 Å². The van der Waals surface area contributed by atoms with E-state index in [4.69, 9.17) is 0 Å². The molecule has 0 aliphatic heterocycles. The van der Waals surface area contributed by atoms with Crippen LogP contribution in [0.4, 0.5) is 0 Å². The molecule has 0 heteroatoms. The summed E-state index contributed by atoms with van der Waals surface area (Å²) in [5.41, 5.74) is 1.50. The Balaban J connectivity index is 0. The first-order valence-corrected chi connectivity index (χ1v) is 3.91. The highest BCUT2D eigenvalue weighted by molar-refractivity contribution is 4.94. The molecule has 0 saturated heterocycles. The second-order valence-corrected chi connectivity index (χ2v) is 2.29. The van der Waals surface area contributed by atoms with E-state index < -0.39 is 0 Å². The molecule has 0 unspecified atom stereocenters. The predicted octanol–water partition coefficient (Wildman–Crippen LogP) is 3.95. The van der Waals surface area contributed by atoms with Crippen molar-refractivity contribution in [3.05, 3.63) is 24.3 Å². The maximum absolute atomic E-state index is 3.36. The molecule has 0 aliphatic rings. The fraction of sp³-hybridized carbons (Fsp3) is 0.600. The Labute approximate surface area is 65.7 Å². The van der Waals surface area contributed by atoms with Gasteiger partial charge in [-0.2, -0.15) is 0 Å². The summed E-state index contributed by atoms with van der Waals surface area (Å²) in [4.78, 5) is 0. The summed E-state index contributed by atoms with van der Waals surface area (Å²) in [7, 11) is 0. The van der Waals surface area contributed by atoms with Crippen LogP contribution in [-0.2, 0) is 0 Å². The van der Waals surface area contributed by atoms with Gasteiger partial charge in [-0.05, 0) is 27.2 Å². The average molecular weight is 140 g/mol. The van der Waals surface area contributed by atoms with E-state index in [1.807, 2.05) is 6.92 Å². The highest BCUT2D eigenvalue weighted by atomic mass is 13.9. The molecule has 0 nitrogen and oxygen atoms in total. The zero-order valence-corrected chi connectivity index (χ0v) is 7.78. The smallest absolute Gasteiger partial charge is 0.0326 e. The summed E-state index contributed by atoms with van der Waals surface area (Å²) in [6.45, 7) is 11.7. The van der Waals surface area contributed by atoms with E-state index in [1.165, 1.54) is 18.4 Å². The largest absolute Gasteiger partial charge is 0.103 e. The van der Waals surface area contributed by atoms with Gasteiger partial charge in [0.25, 0.3) is 0 Å². The van der Waals surface area contributed by atoms with Crippen LogP contribution in [0.5, 0.6) is 0 Å². The molecular weight excluding hydrogens is 120 g/mol. The monoisotopic (exact) mass is 140 g/mol. The molecular formula is C10H20. The molecule has 0 bridgehead atoms. The van der Waals surface area contributed by atoms with Crippen molar-refractivity contribution in [2.24, 2.45) is 0 Å². The maximum atomic E-state index is 3.36. The number of hydrogen-bond acceptors (Lipinski definition) is 0. The van der Waals surface area contributed by atoms with Crippen LogP contribution in [-0.4, -0.2) is 0 Å². The quantitative estimate of drug-likeness (QED) is 0.509. The summed E-state index contributed by atoms with van der Waals surface area (Å²) in [5.74, 6) is 0. The van der Waals surface area contributed by atoms with Crippen molar-refractivity contribution in [3.8, 4) is 0 Å². The molecule has 0 heterocycles. The van der Waals surface area contributed by atoms with E-state index in [0.717, 1.165) is 0 Å². The van der Waals surface area contributed by atoms with Crippen molar-refractivity contribution >= 4 is 0 Å². The molecule has 0 radical (unpaired) electrons. The van der Waals surface area contributed by atoms with E-state index in [1.54, 1.807) is 6.08 Å². The number of hydrogen-bond donors (Lipinski definition) is 0. The second kappa shape index (κ2) is 11.3. The Bertz CT molecular complexity index is 88.2. The minimum atomic E-state index is 1.26. The standard InChI is InChI=1S/C7H14.C3H6/c1-4-6-7(3)5-2;1-3-2/h5H,4,6H2,1-3H3;3H,1H2,2H3/b7-5+;. The van der Waals surface area contributed by atoms with E-state index in [-0.39, 0.29) is 0 Å². The molecule has 0 fully saturated rings. The molecule has 0 aromatic carbocycles. The van der Waals surface area contributed by atoms with Crippen LogP contribution in [0.1, 0.15) is 40.5 Å². The molecule has 10 heavy (non-hydrogen) atoms. The van der Waals surface area contributed by atoms with Gasteiger partial charge in [0.2, 0.25) is 0 Å². The third kappa shape index (κ3) is 15.6. The molecule has 0 spiro atoms. The molecule has 0 aromatic rings. The fourth-order valence-electron chi connectivity index (χ4n) is 0.539. The first-order valence-electron chi connectivity index (χ1n) is 3.91. The molecule has 0 rings (SSSR count). The van der Waals surface area contributed by atoms with Crippen LogP contribution in [0.25, 0.3) is 0 Å². The Hall–Kier alpha value is -0.520. The van der Waals surface area contributed by atoms with E-state index in [0.29, 0.717) is 0 Å². The van der Waals surface area contributed by atoms with Crippen molar-refractivity contribution in [1.82, 2.24) is 0 Å². The lowest BCUT2D eigenvalue weighted by molar-refractivity contribution is 0.903. The Morgan fingerprint density at radius 3 is 1.90 bits per heavy atom. The Morgan fingerprint density at radius 2 is 1.80 bits per heavy atom. The minimum absolute atomic E-state index is 1.26. The highest BCUT2D eigenvalue weighted by Gasteiger charge is 1.79. The lowest BCUT2D eigenvalue weighted by Crippen LogP contribution is -1.70. The van der Waals surface area contributed by atoms with Crippen molar-refractivity contribution in [2.75, 3.05) is 0 Å². The van der Waals surface area contributed by atoms with Gasteiger partial charge in [-0.3, -0.25) is 0 Å². The van der Waals surface area contributed by atoms with E-state index in [2.05, 4.69) is 33.4 Å². The van der Waals surface area contributed by atoms with Gasteiger partial charge in [-0.15, -0.1) is 6.58 Å². The maximum Gasteiger partial charge on any atom is -0.0326 e. The second-order valence-electron chi connectivity index (χ2n) is 2.29. The average Bonchev–Trinajstić information content (AvgIpc) is 1.90. The Morgan fingerprint density at radius 1 is 1.40 bits per heavy atom. The molecule has 0 aliphatic carbocycles. The zero-order chi connectivity index (χ0) is 8.41. The van der Waals surface area contributed by atoms with Gasteiger partial charge < -0.3 is 0 Å². The van der Waals surface area contributed by atoms with E-state index in [9.17, 15) is 0 Å². The summed E-state index contributed by atoms with van der Waals surface area (Å²) in [6, 6.07) is 0. The first-order chi connectivity index (χ1) is 4.72. The van der Waals surface area contributed by atoms with Gasteiger partial charge in [0.15, 0.2) is 0 Å². The van der Waals surface area contributed by atoms with Crippen molar-refractivity contribution in [3.63, 3.8) is 0 Å². The minimum Gasteiger partial charge on any atom is -0.103 e. The van der Waals surface area contributed by atoms with E-state index >= 15 is 0 Å². The summed E-state index contributed by atoms with van der Waals surface area (Å²) < 4.78 is 0. The number of rotatable bonds is 2. The molecule has 60 valence electrons.